The highest BCUT2D eigenvalue weighted by Crippen LogP contribution is 2.32. The lowest BCUT2D eigenvalue weighted by Crippen LogP contribution is -2.46. The van der Waals surface area contributed by atoms with E-state index in [0.717, 1.165) is 30.7 Å². The van der Waals surface area contributed by atoms with Gasteiger partial charge in [0.25, 0.3) is 5.69 Å². The number of thiophene rings is 1. The van der Waals surface area contributed by atoms with Gasteiger partial charge in [-0.15, -0.1) is 11.3 Å². The van der Waals surface area contributed by atoms with Gasteiger partial charge in [-0.05, 0) is 29.6 Å². The maximum absolute atomic E-state index is 11.2. The molecule has 1 saturated heterocycles. The molecule has 2 heterocycles. The number of nitrogens with zero attached hydrogens (tertiary/aromatic N) is 3. The van der Waals surface area contributed by atoms with Crippen molar-refractivity contribution in [1.29, 1.82) is 0 Å². The van der Waals surface area contributed by atoms with Crippen LogP contribution in [0, 0.1) is 10.1 Å². The Morgan fingerprint density at radius 1 is 1.14 bits per heavy atom. The van der Waals surface area contributed by atoms with Gasteiger partial charge in [-0.3, -0.25) is 10.1 Å². The normalized spacial score (nSPS) is 15.3. The van der Waals surface area contributed by atoms with Crippen molar-refractivity contribution in [3.8, 4) is 0 Å². The van der Waals surface area contributed by atoms with Crippen molar-refractivity contribution < 1.29 is 4.92 Å². The molecule has 2 aromatic rings. The van der Waals surface area contributed by atoms with Crippen molar-refractivity contribution in [3.63, 3.8) is 0 Å². The fourth-order valence-corrected chi connectivity index (χ4v) is 3.66. The Bertz CT molecular complexity index is 640. The van der Waals surface area contributed by atoms with E-state index in [-0.39, 0.29) is 10.6 Å². The molecule has 0 aliphatic carbocycles. The van der Waals surface area contributed by atoms with Crippen LogP contribution in [0.1, 0.15) is 0 Å². The molecule has 0 spiro atoms. The first-order valence-electron chi connectivity index (χ1n) is 6.62. The maximum atomic E-state index is 11.2. The van der Waals surface area contributed by atoms with Crippen LogP contribution >= 0.6 is 27.3 Å². The second kappa shape index (κ2) is 6.03. The molecule has 0 atom stereocenters. The van der Waals surface area contributed by atoms with Gasteiger partial charge in [-0.1, -0.05) is 15.9 Å². The molecule has 0 unspecified atom stereocenters. The fourth-order valence-electron chi connectivity index (χ4n) is 2.52. The van der Waals surface area contributed by atoms with Crippen LogP contribution in [0.2, 0.25) is 0 Å². The summed E-state index contributed by atoms with van der Waals surface area (Å²) in [6, 6.07) is 9.26. The third-order valence-corrected chi connectivity index (χ3v) is 4.99. The predicted octanol–water partition coefficient (Wildman–Crippen LogP) is 3.75. The van der Waals surface area contributed by atoms with Gasteiger partial charge in [-0.2, -0.15) is 0 Å². The van der Waals surface area contributed by atoms with Gasteiger partial charge in [0.2, 0.25) is 0 Å². The van der Waals surface area contributed by atoms with E-state index in [1.165, 1.54) is 5.00 Å². The molecule has 0 bridgehead atoms. The number of benzene rings is 1. The van der Waals surface area contributed by atoms with E-state index in [1.54, 1.807) is 23.5 Å². The van der Waals surface area contributed by atoms with E-state index >= 15 is 0 Å². The average Bonchev–Trinajstić information content (AvgIpc) is 3.01. The standard InChI is InChI=1S/C14H14BrN3O2S/c15-11-3-4-12(18(19)20)13(10-11)16-5-7-17(8-6-16)14-2-1-9-21-14/h1-4,9-10H,5-8H2. The minimum Gasteiger partial charge on any atom is -0.362 e. The van der Waals surface area contributed by atoms with Crippen molar-refractivity contribution in [2.75, 3.05) is 36.0 Å². The van der Waals surface area contributed by atoms with Crippen LogP contribution in [-0.2, 0) is 0 Å². The molecule has 0 radical (unpaired) electrons. The molecular weight excluding hydrogens is 354 g/mol. The van der Waals surface area contributed by atoms with Crippen LogP contribution in [0.15, 0.2) is 40.2 Å². The first-order valence-corrected chi connectivity index (χ1v) is 8.30. The first-order chi connectivity index (χ1) is 10.1. The highest BCUT2D eigenvalue weighted by Gasteiger charge is 2.24. The summed E-state index contributed by atoms with van der Waals surface area (Å²) < 4.78 is 0.865. The molecular formula is C14H14BrN3O2S. The lowest BCUT2D eigenvalue weighted by molar-refractivity contribution is -0.384. The Morgan fingerprint density at radius 3 is 2.48 bits per heavy atom. The Balaban J connectivity index is 1.78. The van der Waals surface area contributed by atoms with Gasteiger partial charge in [0.15, 0.2) is 0 Å². The first kappa shape index (κ1) is 14.3. The molecule has 0 saturated carbocycles. The van der Waals surface area contributed by atoms with E-state index in [0.29, 0.717) is 5.69 Å². The zero-order chi connectivity index (χ0) is 14.8. The van der Waals surface area contributed by atoms with Crippen molar-refractivity contribution in [2.24, 2.45) is 0 Å². The van der Waals surface area contributed by atoms with Crippen LogP contribution in [0.25, 0.3) is 0 Å². The Hall–Kier alpha value is -1.60. The summed E-state index contributed by atoms with van der Waals surface area (Å²) in [6.45, 7) is 3.33. The van der Waals surface area contributed by atoms with Crippen LogP contribution in [-0.4, -0.2) is 31.1 Å². The number of halogens is 1. The predicted molar refractivity (Wildman–Crippen MR) is 89.5 cm³/mol. The van der Waals surface area contributed by atoms with Crippen LogP contribution in [0.4, 0.5) is 16.4 Å². The summed E-state index contributed by atoms with van der Waals surface area (Å²) in [7, 11) is 0. The van der Waals surface area contributed by atoms with Crippen molar-refractivity contribution in [3.05, 3.63) is 50.3 Å². The highest BCUT2D eigenvalue weighted by atomic mass is 79.9. The van der Waals surface area contributed by atoms with Gasteiger partial charge < -0.3 is 9.80 Å². The molecule has 21 heavy (non-hydrogen) atoms. The van der Waals surface area contributed by atoms with Crippen LogP contribution in [0.5, 0.6) is 0 Å². The van der Waals surface area contributed by atoms with Gasteiger partial charge in [0.1, 0.15) is 5.69 Å². The van der Waals surface area contributed by atoms with E-state index in [4.69, 9.17) is 0 Å². The number of anilines is 2. The molecule has 0 amide bonds. The largest absolute Gasteiger partial charge is 0.362 e. The molecule has 1 aliphatic heterocycles. The summed E-state index contributed by atoms with van der Waals surface area (Å²) in [5, 5.41) is 14.5. The molecule has 0 N–H and O–H groups in total. The third kappa shape index (κ3) is 3.03. The lowest BCUT2D eigenvalue weighted by atomic mass is 10.2. The number of piperazine rings is 1. The Morgan fingerprint density at radius 2 is 1.86 bits per heavy atom. The minimum absolute atomic E-state index is 0.169. The molecule has 110 valence electrons. The number of nitro groups is 1. The molecule has 3 rings (SSSR count). The van der Waals surface area contributed by atoms with Crippen LogP contribution < -0.4 is 9.80 Å². The fraction of sp³-hybridized carbons (Fsp3) is 0.286. The van der Waals surface area contributed by atoms with Gasteiger partial charge in [0.05, 0.1) is 9.92 Å². The second-order valence-corrected chi connectivity index (χ2v) is 6.66. The van der Waals surface area contributed by atoms with Crippen molar-refractivity contribution in [2.45, 2.75) is 0 Å². The average molecular weight is 368 g/mol. The third-order valence-electron chi connectivity index (χ3n) is 3.57. The highest BCUT2D eigenvalue weighted by molar-refractivity contribution is 9.10. The summed E-state index contributed by atoms with van der Waals surface area (Å²) in [5.74, 6) is 0. The zero-order valence-electron chi connectivity index (χ0n) is 11.2. The van der Waals surface area contributed by atoms with Gasteiger partial charge in [-0.25, -0.2) is 0 Å². The van der Waals surface area contributed by atoms with Gasteiger partial charge in [0, 0.05) is 36.7 Å². The summed E-state index contributed by atoms with van der Waals surface area (Å²) >= 11 is 5.13. The lowest BCUT2D eigenvalue weighted by Gasteiger charge is -2.36. The number of nitro benzene ring substituents is 1. The van der Waals surface area contributed by atoms with Crippen LogP contribution in [0.3, 0.4) is 0 Å². The minimum atomic E-state index is -0.312. The molecule has 1 aromatic carbocycles. The summed E-state index contributed by atoms with van der Waals surface area (Å²) in [6.07, 6.45) is 0. The molecule has 1 aliphatic rings. The number of hydrogen-bond acceptors (Lipinski definition) is 5. The monoisotopic (exact) mass is 367 g/mol. The summed E-state index contributed by atoms with van der Waals surface area (Å²) in [5.41, 5.74) is 0.864. The smallest absolute Gasteiger partial charge is 0.292 e. The van der Waals surface area contributed by atoms with E-state index < -0.39 is 0 Å². The SMILES string of the molecule is O=[N+]([O-])c1ccc(Br)cc1N1CCN(c2cccs2)CC1. The topological polar surface area (TPSA) is 49.6 Å². The van der Waals surface area contributed by atoms with Crippen molar-refractivity contribution >= 4 is 43.6 Å². The van der Waals surface area contributed by atoms with E-state index in [1.807, 2.05) is 12.1 Å². The molecule has 5 nitrogen and oxygen atoms in total. The number of hydrogen-bond donors (Lipinski definition) is 0. The molecule has 7 heteroatoms. The quantitative estimate of drug-likeness (QED) is 0.612. The maximum Gasteiger partial charge on any atom is 0.292 e. The molecule has 1 aromatic heterocycles. The number of rotatable bonds is 3. The Kier molecular flexibility index (Phi) is 4.12. The zero-order valence-corrected chi connectivity index (χ0v) is 13.6. The van der Waals surface area contributed by atoms with E-state index in [2.05, 4.69) is 37.2 Å². The van der Waals surface area contributed by atoms with Crippen molar-refractivity contribution in [1.82, 2.24) is 0 Å². The summed E-state index contributed by atoms with van der Waals surface area (Å²) in [4.78, 5) is 15.3. The second-order valence-electron chi connectivity index (χ2n) is 4.82. The molecule has 1 fully saturated rings. The Labute approximate surface area is 135 Å². The van der Waals surface area contributed by atoms with Gasteiger partial charge >= 0.3 is 0 Å². The van der Waals surface area contributed by atoms with E-state index in [9.17, 15) is 10.1 Å².